The molecule has 3 N–H and O–H groups in total. The normalized spacial score (nSPS) is 10.0. The molecule has 0 saturated carbocycles. The van der Waals surface area contributed by atoms with E-state index in [9.17, 15) is 9.59 Å². The average Bonchev–Trinajstić information content (AvgIpc) is 2.28. The molecule has 1 aromatic rings. The minimum atomic E-state index is -1.02. The molecule has 0 bridgehead atoms. The minimum absolute atomic E-state index is 0.0401. The summed E-state index contributed by atoms with van der Waals surface area (Å²) < 4.78 is 0. The predicted octanol–water partition coefficient (Wildman–Crippen LogP) is 1.40. The van der Waals surface area contributed by atoms with Crippen LogP contribution >= 0.6 is 0 Å². The Kier molecular flexibility index (Phi) is 4.66. The van der Waals surface area contributed by atoms with E-state index >= 15 is 0 Å². The Morgan fingerprint density at radius 1 is 1.35 bits per heavy atom. The van der Waals surface area contributed by atoms with Crippen LogP contribution in [0.15, 0.2) is 18.2 Å². The lowest BCUT2D eigenvalue weighted by atomic mass is 10.1. The molecule has 1 rings (SSSR count). The number of aromatic carboxylic acids is 1. The topological polar surface area (TPSA) is 86.6 Å². The summed E-state index contributed by atoms with van der Waals surface area (Å²) in [4.78, 5) is 22.3. The lowest BCUT2D eigenvalue weighted by molar-refractivity contribution is -0.116. The van der Waals surface area contributed by atoms with E-state index in [2.05, 4.69) is 5.32 Å². The number of aliphatic hydroxyl groups is 1. The Morgan fingerprint density at radius 3 is 2.65 bits per heavy atom. The van der Waals surface area contributed by atoms with Gasteiger partial charge in [-0.25, -0.2) is 4.79 Å². The average molecular weight is 237 g/mol. The molecule has 0 aliphatic heterocycles. The van der Waals surface area contributed by atoms with Crippen LogP contribution in [-0.4, -0.2) is 28.7 Å². The van der Waals surface area contributed by atoms with Gasteiger partial charge in [-0.2, -0.15) is 0 Å². The van der Waals surface area contributed by atoms with Crippen molar-refractivity contribution in [1.82, 2.24) is 0 Å². The smallest absolute Gasteiger partial charge is 0.336 e. The van der Waals surface area contributed by atoms with Crippen molar-refractivity contribution in [2.75, 3.05) is 11.9 Å². The molecule has 0 saturated heterocycles. The number of hydrogen-bond acceptors (Lipinski definition) is 3. The van der Waals surface area contributed by atoms with Crippen LogP contribution in [0.3, 0.4) is 0 Å². The van der Waals surface area contributed by atoms with Gasteiger partial charge in [0, 0.05) is 18.7 Å². The van der Waals surface area contributed by atoms with Crippen molar-refractivity contribution >= 4 is 17.6 Å². The van der Waals surface area contributed by atoms with Crippen LogP contribution < -0.4 is 5.32 Å². The first-order valence-corrected chi connectivity index (χ1v) is 5.30. The molecule has 0 radical (unpaired) electrons. The van der Waals surface area contributed by atoms with Gasteiger partial charge >= 0.3 is 5.97 Å². The highest BCUT2D eigenvalue weighted by Gasteiger charge is 2.11. The van der Waals surface area contributed by atoms with Gasteiger partial charge in [-0.3, -0.25) is 4.79 Å². The zero-order chi connectivity index (χ0) is 12.8. The van der Waals surface area contributed by atoms with E-state index in [1.807, 2.05) is 0 Å². The summed E-state index contributed by atoms with van der Waals surface area (Å²) in [6.45, 7) is 1.60. The van der Waals surface area contributed by atoms with Crippen molar-refractivity contribution in [1.29, 1.82) is 0 Å². The fourth-order valence-electron chi connectivity index (χ4n) is 1.46. The lowest BCUT2D eigenvalue weighted by Crippen LogP contribution is -2.14. The Bertz CT molecular complexity index is 429. The third-order valence-electron chi connectivity index (χ3n) is 2.40. The number of carboxylic acids is 1. The second-order valence-electron chi connectivity index (χ2n) is 3.66. The minimum Gasteiger partial charge on any atom is -0.478 e. The lowest BCUT2D eigenvalue weighted by Gasteiger charge is -2.10. The summed E-state index contributed by atoms with van der Waals surface area (Å²) in [6.07, 6.45) is 0.608. The van der Waals surface area contributed by atoms with Crippen molar-refractivity contribution in [3.05, 3.63) is 29.3 Å². The summed E-state index contributed by atoms with van der Waals surface area (Å²) in [6, 6.07) is 4.72. The van der Waals surface area contributed by atoms with E-state index in [0.29, 0.717) is 17.7 Å². The van der Waals surface area contributed by atoms with Crippen molar-refractivity contribution in [2.24, 2.45) is 0 Å². The second kappa shape index (κ2) is 6.00. The fraction of sp³-hybridized carbons (Fsp3) is 0.333. The number of carbonyl (C=O) groups excluding carboxylic acids is 1. The summed E-state index contributed by atoms with van der Waals surface area (Å²) in [5, 5.41) is 20.1. The Hall–Kier alpha value is -1.88. The molecule has 0 unspecified atom stereocenters. The maximum Gasteiger partial charge on any atom is 0.336 e. The van der Waals surface area contributed by atoms with Crippen LogP contribution in [0.25, 0.3) is 0 Å². The molecule has 92 valence electrons. The van der Waals surface area contributed by atoms with Gasteiger partial charge in [0.2, 0.25) is 5.91 Å². The first-order chi connectivity index (χ1) is 8.06. The van der Waals surface area contributed by atoms with Gasteiger partial charge in [-0.05, 0) is 31.0 Å². The van der Waals surface area contributed by atoms with Gasteiger partial charge in [0.15, 0.2) is 0 Å². The van der Waals surface area contributed by atoms with E-state index in [1.54, 1.807) is 19.1 Å². The molecule has 0 atom stereocenters. The van der Waals surface area contributed by atoms with Crippen molar-refractivity contribution in [3.8, 4) is 0 Å². The molecule has 1 aromatic carbocycles. The second-order valence-corrected chi connectivity index (χ2v) is 3.66. The number of anilines is 1. The molecular weight excluding hydrogens is 222 g/mol. The summed E-state index contributed by atoms with van der Waals surface area (Å²) >= 11 is 0. The maximum atomic E-state index is 11.4. The number of aliphatic hydroxyl groups excluding tert-OH is 1. The third kappa shape index (κ3) is 3.57. The standard InChI is InChI=1S/C12H15NO4/c1-8-9(12(16)17)4-2-5-10(8)13-11(15)6-3-7-14/h2,4-5,14H,3,6-7H2,1H3,(H,13,15)(H,16,17). The Morgan fingerprint density at radius 2 is 2.06 bits per heavy atom. The van der Waals surface area contributed by atoms with Crippen molar-refractivity contribution in [2.45, 2.75) is 19.8 Å². The van der Waals surface area contributed by atoms with Gasteiger partial charge in [-0.15, -0.1) is 0 Å². The molecule has 1 amide bonds. The van der Waals surface area contributed by atoms with Crippen molar-refractivity contribution in [3.63, 3.8) is 0 Å². The molecular formula is C12H15NO4. The molecule has 0 spiro atoms. The monoisotopic (exact) mass is 237 g/mol. The number of carbonyl (C=O) groups is 2. The quantitative estimate of drug-likeness (QED) is 0.722. The number of benzene rings is 1. The molecule has 0 aromatic heterocycles. The predicted molar refractivity (Wildman–Crippen MR) is 63.1 cm³/mol. The number of rotatable bonds is 5. The van der Waals surface area contributed by atoms with Gasteiger partial charge in [0.05, 0.1) is 5.56 Å². The largest absolute Gasteiger partial charge is 0.478 e. The molecule has 17 heavy (non-hydrogen) atoms. The highest BCUT2D eigenvalue weighted by atomic mass is 16.4. The molecule has 0 heterocycles. The van der Waals surface area contributed by atoms with Gasteiger partial charge in [0.1, 0.15) is 0 Å². The first kappa shape index (κ1) is 13.2. The summed E-state index contributed by atoms with van der Waals surface area (Å²) in [5.74, 6) is -1.25. The van der Waals surface area contributed by atoms with E-state index in [1.165, 1.54) is 6.07 Å². The highest BCUT2D eigenvalue weighted by Crippen LogP contribution is 2.19. The van der Waals surface area contributed by atoms with E-state index in [-0.39, 0.29) is 24.5 Å². The van der Waals surface area contributed by atoms with Crippen LogP contribution in [0.4, 0.5) is 5.69 Å². The van der Waals surface area contributed by atoms with Gasteiger partial charge in [-0.1, -0.05) is 6.07 Å². The Labute approximate surface area is 99.1 Å². The summed E-state index contributed by atoms with van der Waals surface area (Å²) in [5.41, 5.74) is 1.19. The first-order valence-electron chi connectivity index (χ1n) is 5.30. The highest BCUT2D eigenvalue weighted by molar-refractivity contribution is 5.95. The van der Waals surface area contributed by atoms with Crippen LogP contribution in [0.5, 0.6) is 0 Å². The van der Waals surface area contributed by atoms with E-state index in [4.69, 9.17) is 10.2 Å². The van der Waals surface area contributed by atoms with E-state index in [0.717, 1.165) is 0 Å². The maximum absolute atomic E-state index is 11.4. The van der Waals surface area contributed by atoms with Crippen LogP contribution in [-0.2, 0) is 4.79 Å². The SMILES string of the molecule is Cc1c(NC(=O)CCCO)cccc1C(=O)O. The molecule has 5 heteroatoms. The number of hydrogen-bond donors (Lipinski definition) is 3. The van der Waals surface area contributed by atoms with E-state index < -0.39 is 5.97 Å². The Balaban J connectivity index is 2.81. The molecule has 5 nitrogen and oxygen atoms in total. The van der Waals surface area contributed by atoms with Gasteiger partial charge in [0.25, 0.3) is 0 Å². The number of nitrogens with one attached hydrogen (secondary N) is 1. The zero-order valence-corrected chi connectivity index (χ0v) is 9.56. The number of carboxylic acid groups (broad SMARTS) is 1. The molecule has 0 fully saturated rings. The van der Waals surface area contributed by atoms with Crippen molar-refractivity contribution < 1.29 is 19.8 Å². The molecule has 0 aliphatic carbocycles. The van der Waals surface area contributed by atoms with Crippen LogP contribution in [0.2, 0.25) is 0 Å². The van der Waals surface area contributed by atoms with Crippen LogP contribution in [0, 0.1) is 6.92 Å². The summed E-state index contributed by atoms with van der Waals surface area (Å²) in [7, 11) is 0. The fourth-order valence-corrected chi connectivity index (χ4v) is 1.46. The van der Waals surface area contributed by atoms with Crippen LogP contribution in [0.1, 0.15) is 28.8 Å². The molecule has 0 aliphatic rings. The van der Waals surface area contributed by atoms with Gasteiger partial charge < -0.3 is 15.5 Å². The number of amides is 1. The zero-order valence-electron chi connectivity index (χ0n) is 9.56. The third-order valence-corrected chi connectivity index (χ3v) is 2.40.